The molecule has 2 fully saturated rings. The monoisotopic (exact) mass is 434 g/mol. The van der Waals surface area contributed by atoms with Crippen molar-refractivity contribution in [2.75, 3.05) is 18.1 Å². The highest BCUT2D eigenvalue weighted by Crippen LogP contribution is 2.39. The Morgan fingerprint density at radius 3 is 2.57 bits per heavy atom. The molecule has 0 spiro atoms. The van der Waals surface area contributed by atoms with Gasteiger partial charge in [0.1, 0.15) is 6.04 Å². The van der Waals surface area contributed by atoms with Gasteiger partial charge in [-0.1, -0.05) is 6.42 Å². The van der Waals surface area contributed by atoms with Crippen molar-refractivity contribution < 1.29 is 22.7 Å². The standard InChI is InChI=1S/C22H30N2O5S/c1-3-29-22(26)20-9-4-5-12-23(20)30(27,28)18-10-11-19-17(14-18)13-15(2)24(19)21(25)16-7-6-8-16/h10-11,14-16,20H,3-9,12-13H2,1-2H3/t15-,20-/m1/s1. The lowest BCUT2D eigenvalue weighted by molar-refractivity contribution is -0.148. The summed E-state index contributed by atoms with van der Waals surface area (Å²) in [5.74, 6) is -0.227. The van der Waals surface area contributed by atoms with E-state index in [0.717, 1.165) is 43.4 Å². The van der Waals surface area contributed by atoms with Crippen molar-refractivity contribution in [3.8, 4) is 0 Å². The highest BCUT2D eigenvalue weighted by atomic mass is 32.2. The number of carbonyl (C=O) groups excluding carboxylic acids is 2. The quantitative estimate of drug-likeness (QED) is 0.666. The molecule has 2 aliphatic heterocycles. The summed E-state index contributed by atoms with van der Waals surface area (Å²) >= 11 is 0. The maximum atomic E-state index is 13.4. The second-order valence-corrected chi connectivity index (χ2v) is 10.4. The van der Waals surface area contributed by atoms with Crippen LogP contribution in [0.3, 0.4) is 0 Å². The summed E-state index contributed by atoms with van der Waals surface area (Å²) in [6.07, 6.45) is 5.61. The molecular weight excluding hydrogens is 404 g/mol. The number of fused-ring (bicyclic) bond motifs is 1. The van der Waals surface area contributed by atoms with Crippen LogP contribution in [-0.4, -0.2) is 49.8 Å². The molecule has 4 rings (SSSR count). The number of amides is 1. The summed E-state index contributed by atoms with van der Waals surface area (Å²) < 4.78 is 33.2. The molecule has 2 atom stereocenters. The summed E-state index contributed by atoms with van der Waals surface area (Å²) in [6, 6.07) is 4.27. The SMILES string of the molecule is CCOC(=O)[C@H]1CCCCN1S(=O)(=O)c1ccc2c(c1)C[C@@H](C)N2C(=O)C1CCC1. The fraction of sp³-hybridized carbons (Fsp3) is 0.636. The van der Waals surface area contributed by atoms with E-state index >= 15 is 0 Å². The minimum Gasteiger partial charge on any atom is -0.465 e. The topological polar surface area (TPSA) is 84.0 Å². The number of esters is 1. The fourth-order valence-corrected chi connectivity index (χ4v) is 6.46. The van der Waals surface area contributed by atoms with Crippen LogP contribution in [0.5, 0.6) is 0 Å². The molecule has 1 saturated carbocycles. The van der Waals surface area contributed by atoms with Crippen LogP contribution in [0.2, 0.25) is 0 Å². The van der Waals surface area contributed by atoms with E-state index in [-0.39, 0.29) is 29.4 Å². The lowest BCUT2D eigenvalue weighted by atomic mass is 9.84. The number of benzene rings is 1. The van der Waals surface area contributed by atoms with Gasteiger partial charge >= 0.3 is 5.97 Å². The van der Waals surface area contributed by atoms with Gasteiger partial charge in [0.25, 0.3) is 0 Å². The number of hydrogen-bond donors (Lipinski definition) is 0. The van der Waals surface area contributed by atoms with Crippen LogP contribution in [0.15, 0.2) is 23.1 Å². The molecule has 164 valence electrons. The van der Waals surface area contributed by atoms with Gasteiger partial charge in [-0.05, 0) is 76.1 Å². The zero-order valence-corrected chi connectivity index (χ0v) is 18.5. The predicted octanol–water partition coefficient (Wildman–Crippen LogP) is 2.87. The van der Waals surface area contributed by atoms with E-state index < -0.39 is 22.0 Å². The highest BCUT2D eigenvalue weighted by molar-refractivity contribution is 7.89. The van der Waals surface area contributed by atoms with Crippen LogP contribution in [0.1, 0.15) is 57.9 Å². The maximum absolute atomic E-state index is 13.4. The van der Waals surface area contributed by atoms with Crippen molar-refractivity contribution in [1.82, 2.24) is 4.31 Å². The summed E-state index contributed by atoms with van der Waals surface area (Å²) in [6.45, 7) is 4.26. The average Bonchev–Trinajstić information content (AvgIpc) is 3.01. The Bertz CT molecular complexity index is 941. The van der Waals surface area contributed by atoms with Gasteiger partial charge in [0.2, 0.25) is 15.9 Å². The van der Waals surface area contributed by atoms with Crippen molar-refractivity contribution in [2.24, 2.45) is 5.92 Å². The summed E-state index contributed by atoms with van der Waals surface area (Å²) in [7, 11) is -3.83. The third-order valence-corrected chi connectivity index (χ3v) is 8.48. The van der Waals surface area contributed by atoms with Gasteiger partial charge in [0.15, 0.2) is 0 Å². The minimum atomic E-state index is -3.83. The van der Waals surface area contributed by atoms with Crippen LogP contribution in [0.4, 0.5) is 5.69 Å². The highest BCUT2D eigenvalue weighted by Gasteiger charge is 2.41. The Balaban J connectivity index is 1.62. The zero-order chi connectivity index (χ0) is 21.5. The van der Waals surface area contributed by atoms with E-state index in [9.17, 15) is 18.0 Å². The van der Waals surface area contributed by atoms with Crippen LogP contribution < -0.4 is 4.90 Å². The number of anilines is 1. The number of ether oxygens (including phenoxy) is 1. The molecule has 30 heavy (non-hydrogen) atoms. The Hall–Kier alpha value is -1.93. The number of carbonyl (C=O) groups is 2. The molecule has 1 aromatic carbocycles. The first kappa shape index (κ1) is 21.3. The van der Waals surface area contributed by atoms with Crippen molar-refractivity contribution in [1.29, 1.82) is 0 Å². The molecule has 2 heterocycles. The molecule has 0 aromatic heterocycles. The van der Waals surface area contributed by atoms with Gasteiger partial charge in [-0.2, -0.15) is 4.31 Å². The van der Waals surface area contributed by atoms with E-state index in [4.69, 9.17) is 4.74 Å². The van der Waals surface area contributed by atoms with E-state index in [2.05, 4.69) is 0 Å². The molecule has 3 aliphatic rings. The Morgan fingerprint density at radius 1 is 1.13 bits per heavy atom. The van der Waals surface area contributed by atoms with E-state index in [1.807, 2.05) is 11.8 Å². The second kappa shape index (κ2) is 8.30. The molecule has 8 heteroatoms. The smallest absolute Gasteiger partial charge is 0.324 e. The van der Waals surface area contributed by atoms with Crippen molar-refractivity contribution in [2.45, 2.75) is 75.8 Å². The molecule has 1 saturated heterocycles. The largest absolute Gasteiger partial charge is 0.465 e. The lowest BCUT2D eigenvalue weighted by Crippen LogP contribution is -2.48. The first-order chi connectivity index (χ1) is 14.3. The zero-order valence-electron chi connectivity index (χ0n) is 17.7. The van der Waals surface area contributed by atoms with Gasteiger partial charge in [0.05, 0.1) is 11.5 Å². The Kier molecular flexibility index (Phi) is 5.90. The van der Waals surface area contributed by atoms with Crippen molar-refractivity contribution in [3.63, 3.8) is 0 Å². The molecule has 1 aromatic rings. The molecule has 1 aliphatic carbocycles. The second-order valence-electron chi connectivity index (χ2n) is 8.56. The average molecular weight is 435 g/mol. The molecule has 0 bridgehead atoms. The first-order valence-electron chi connectivity index (χ1n) is 11.0. The number of hydrogen-bond acceptors (Lipinski definition) is 5. The fourth-order valence-electron chi connectivity index (χ4n) is 4.76. The normalized spacial score (nSPS) is 24.9. The predicted molar refractivity (Wildman–Crippen MR) is 113 cm³/mol. The van der Waals surface area contributed by atoms with Crippen molar-refractivity contribution in [3.05, 3.63) is 23.8 Å². The molecule has 7 nitrogen and oxygen atoms in total. The summed E-state index contributed by atoms with van der Waals surface area (Å²) in [5, 5.41) is 0. The Morgan fingerprint density at radius 2 is 1.90 bits per heavy atom. The van der Waals surface area contributed by atoms with Crippen LogP contribution >= 0.6 is 0 Å². The molecular formula is C22H30N2O5S. The third-order valence-electron chi connectivity index (χ3n) is 6.58. The van der Waals surface area contributed by atoms with Gasteiger partial charge in [-0.3, -0.25) is 9.59 Å². The summed E-state index contributed by atoms with van der Waals surface area (Å²) in [5.41, 5.74) is 1.69. The van der Waals surface area contributed by atoms with Gasteiger partial charge in [0, 0.05) is 24.2 Å². The molecule has 0 unspecified atom stereocenters. The Labute approximate surface area is 178 Å². The summed E-state index contributed by atoms with van der Waals surface area (Å²) in [4.78, 5) is 27.2. The number of nitrogens with zero attached hydrogens (tertiary/aromatic N) is 2. The number of rotatable bonds is 5. The number of sulfonamides is 1. The molecule has 1 amide bonds. The van der Waals surface area contributed by atoms with Gasteiger partial charge < -0.3 is 9.64 Å². The maximum Gasteiger partial charge on any atom is 0.324 e. The third kappa shape index (κ3) is 3.64. The van der Waals surface area contributed by atoms with Gasteiger partial charge in [-0.15, -0.1) is 0 Å². The van der Waals surface area contributed by atoms with Crippen molar-refractivity contribution >= 4 is 27.6 Å². The first-order valence-corrected chi connectivity index (χ1v) is 12.4. The van der Waals surface area contributed by atoms with Crippen LogP contribution in [0.25, 0.3) is 0 Å². The van der Waals surface area contributed by atoms with Crippen LogP contribution in [0, 0.1) is 5.92 Å². The van der Waals surface area contributed by atoms with E-state index in [1.54, 1.807) is 25.1 Å². The molecule has 0 radical (unpaired) electrons. The minimum absolute atomic E-state index is 0.0216. The van der Waals surface area contributed by atoms with E-state index in [0.29, 0.717) is 19.4 Å². The van der Waals surface area contributed by atoms with Gasteiger partial charge in [-0.25, -0.2) is 8.42 Å². The van der Waals surface area contributed by atoms with E-state index in [1.165, 1.54) is 4.31 Å². The molecule has 0 N–H and O–H groups in total. The van der Waals surface area contributed by atoms with Crippen LogP contribution in [-0.2, 0) is 30.8 Å². The number of piperidine rings is 1. The lowest BCUT2D eigenvalue weighted by Gasteiger charge is -2.33.